The third-order valence-electron chi connectivity index (χ3n) is 3.33. The van der Waals surface area contributed by atoms with Crippen molar-refractivity contribution in [2.45, 2.75) is 17.7 Å². The van der Waals surface area contributed by atoms with E-state index in [1.54, 1.807) is 18.2 Å². The molecule has 0 fully saturated rings. The third kappa shape index (κ3) is 4.75. The molecule has 0 aliphatic rings. The molecule has 0 atom stereocenters. The second-order valence-corrected chi connectivity index (χ2v) is 6.73. The van der Waals surface area contributed by atoms with Gasteiger partial charge in [-0.05, 0) is 23.6 Å². The molecular formula is C17H17NO4S. The van der Waals surface area contributed by atoms with Gasteiger partial charge in [-0.2, -0.15) is 0 Å². The monoisotopic (exact) mass is 331 g/mol. The van der Waals surface area contributed by atoms with Crippen LogP contribution >= 0.6 is 0 Å². The van der Waals surface area contributed by atoms with Gasteiger partial charge < -0.3 is 5.32 Å². The Morgan fingerprint density at radius 3 is 2.35 bits per heavy atom. The van der Waals surface area contributed by atoms with E-state index in [0.717, 1.165) is 5.56 Å². The SMILES string of the molecule is O=CS(=O)(=O)c1ccccc1CCNC(=O)Cc1ccccc1. The number of hydrogen-bond donors (Lipinski definition) is 1. The van der Waals surface area contributed by atoms with Gasteiger partial charge in [0.15, 0.2) is 0 Å². The largest absolute Gasteiger partial charge is 0.355 e. The number of rotatable bonds is 7. The van der Waals surface area contributed by atoms with Crippen molar-refractivity contribution in [1.82, 2.24) is 5.32 Å². The van der Waals surface area contributed by atoms with Crippen molar-refractivity contribution >= 4 is 21.4 Å². The number of benzene rings is 2. The van der Waals surface area contributed by atoms with E-state index in [0.29, 0.717) is 18.5 Å². The fourth-order valence-electron chi connectivity index (χ4n) is 2.22. The summed E-state index contributed by atoms with van der Waals surface area (Å²) >= 11 is 0. The van der Waals surface area contributed by atoms with Crippen LogP contribution in [0.4, 0.5) is 0 Å². The summed E-state index contributed by atoms with van der Waals surface area (Å²) in [4.78, 5) is 22.6. The molecule has 120 valence electrons. The van der Waals surface area contributed by atoms with E-state index < -0.39 is 9.84 Å². The van der Waals surface area contributed by atoms with Crippen molar-refractivity contribution in [3.05, 3.63) is 65.7 Å². The van der Waals surface area contributed by atoms with Crippen LogP contribution in [0, 0.1) is 0 Å². The van der Waals surface area contributed by atoms with Crippen molar-refractivity contribution in [3.8, 4) is 0 Å². The van der Waals surface area contributed by atoms with Gasteiger partial charge in [-0.1, -0.05) is 48.5 Å². The van der Waals surface area contributed by atoms with Gasteiger partial charge in [-0.25, -0.2) is 8.42 Å². The molecule has 0 saturated carbocycles. The summed E-state index contributed by atoms with van der Waals surface area (Å²) in [6, 6.07) is 15.6. The quantitative estimate of drug-likeness (QED) is 0.781. The molecule has 0 aliphatic heterocycles. The van der Waals surface area contributed by atoms with Crippen molar-refractivity contribution in [2.24, 2.45) is 0 Å². The van der Waals surface area contributed by atoms with E-state index in [4.69, 9.17) is 0 Å². The Bertz CT molecular complexity index is 785. The molecule has 5 nitrogen and oxygen atoms in total. The summed E-state index contributed by atoms with van der Waals surface area (Å²) in [5.74, 6) is -0.132. The Kier molecular flexibility index (Phi) is 5.65. The lowest BCUT2D eigenvalue weighted by molar-refractivity contribution is -0.120. The molecule has 1 N–H and O–H groups in total. The number of carbonyl (C=O) groups excluding carboxylic acids is 2. The average Bonchev–Trinajstić information content (AvgIpc) is 2.56. The summed E-state index contributed by atoms with van der Waals surface area (Å²) in [5, 5.41) is 2.75. The van der Waals surface area contributed by atoms with Gasteiger partial charge in [-0.3, -0.25) is 9.59 Å². The molecule has 23 heavy (non-hydrogen) atoms. The molecule has 0 saturated heterocycles. The number of hydrogen-bond acceptors (Lipinski definition) is 4. The van der Waals surface area contributed by atoms with Gasteiger partial charge in [0, 0.05) is 6.54 Å². The minimum Gasteiger partial charge on any atom is -0.355 e. The molecule has 0 radical (unpaired) electrons. The van der Waals surface area contributed by atoms with E-state index in [1.165, 1.54) is 6.07 Å². The van der Waals surface area contributed by atoms with E-state index in [2.05, 4.69) is 5.32 Å². The van der Waals surface area contributed by atoms with Crippen LogP contribution < -0.4 is 5.32 Å². The number of sulfone groups is 1. The molecule has 2 aromatic carbocycles. The minimum absolute atomic E-state index is 0.00712. The van der Waals surface area contributed by atoms with E-state index in [-0.39, 0.29) is 22.8 Å². The fraction of sp³-hybridized carbons (Fsp3) is 0.176. The Morgan fingerprint density at radius 2 is 1.65 bits per heavy atom. The van der Waals surface area contributed by atoms with Crippen LogP contribution in [0.1, 0.15) is 11.1 Å². The Labute approximate surface area is 135 Å². The molecule has 2 rings (SSSR count). The summed E-state index contributed by atoms with van der Waals surface area (Å²) in [5.41, 5.74) is 1.37. The van der Waals surface area contributed by atoms with Gasteiger partial charge in [-0.15, -0.1) is 0 Å². The second kappa shape index (κ2) is 7.69. The highest BCUT2D eigenvalue weighted by Crippen LogP contribution is 2.15. The molecule has 2 aromatic rings. The predicted molar refractivity (Wildman–Crippen MR) is 87.2 cm³/mol. The Morgan fingerprint density at radius 1 is 1.00 bits per heavy atom. The maximum atomic E-state index is 11.9. The van der Waals surface area contributed by atoms with Crippen LogP contribution in [-0.4, -0.2) is 26.5 Å². The molecule has 0 heterocycles. The summed E-state index contributed by atoms with van der Waals surface area (Å²) in [6.07, 6.45) is 0.610. The summed E-state index contributed by atoms with van der Waals surface area (Å²) in [7, 11) is -3.92. The molecule has 0 aromatic heterocycles. The smallest absolute Gasteiger partial charge is 0.238 e. The predicted octanol–water partition coefficient (Wildman–Crippen LogP) is 1.55. The van der Waals surface area contributed by atoms with Crippen LogP contribution in [0.5, 0.6) is 0 Å². The molecule has 0 bridgehead atoms. The van der Waals surface area contributed by atoms with Crippen LogP contribution in [0.15, 0.2) is 59.5 Å². The standard InChI is InChI=1S/C17H17NO4S/c19-13-23(21,22)16-9-5-4-8-15(16)10-11-18-17(20)12-14-6-2-1-3-7-14/h1-9,13H,10-12H2,(H,18,20). The van der Waals surface area contributed by atoms with Crippen LogP contribution in [-0.2, 0) is 32.3 Å². The minimum atomic E-state index is -3.92. The van der Waals surface area contributed by atoms with E-state index in [1.807, 2.05) is 30.3 Å². The van der Waals surface area contributed by atoms with Crippen LogP contribution in [0.25, 0.3) is 0 Å². The highest BCUT2D eigenvalue weighted by atomic mass is 32.2. The van der Waals surface area contributed by atoms with Gasteiger partial charge in [0.1, 0.15) is 0 Å². The lowest BCUT2D eigenvalue weighted by Gasteiger charge is -2.08. The zero-order chi connectivity index (χ0) is 16.7. The van der Waals surface area contributed by atoms with Crippen LogP contribution in [0.2, 0.25) is 0 Å². The van der Waals surface area contributed by atoms with Crippen molar-refractivity contribution in [3.63, 3.8) is 0 Å². The van der Waals surface area contributed by atoms with Crippen molar-refractivity contribution in [2.75, 3.05) is 6.54 Å². The molecule has 6 heteroatoms. The maximum absolute atomic E-state index is 11.9. The normalized spacial score (nSPS) is 11.0. The summed E-state index contributed by atoms with van der Waals surface area (Å²) in [6.45, 7) is 0.303. The Hall–Kier alpha value is -2.47. The average molecular weight is 331 g/mol. The topological polar surface area (TPSA) is 80.3 Å². The molecule has 0 spiro atoms. The second-order valence-electron chi connectivity index (χ2n) is 5.01. The zero-order valence-electron chi connectivity index (χ0n) is 12.4. The Balaban J connectivity index is 1.95. The highest BCUT2D eigenvalue weighted by Gasteiger charge is 2.16. The number of nitrogens with one attached hydrogen (secondary N) is 1. The first-order chi connectivity index (χ1) is 11.0. The van der Waals surface area contributed by atoms with E-state index >= 15 is 0 Å². The van der Waals surface area contributed by atoms with Crippen molar-refractivity contribution in [1.29, 1.82) is 0 Å². The third-order valence-corrected chi connectivity index (χ3v) is 4.59. The first-order valence-corrected chi connectivity index (χ1v) is 8.66. The van der Waals surface area contributed by atoms with Crippen molar-refractivity contribution < 1.29 is 18.0 Å². The van der Waals surface area contributed by atoms with Gasteiger partial charge in [0.05, 0.1) is 11.3 Å². The number of carbonyl (C=O) groups is 2. The molecule has 0 unspecified atom stereocenters. The lowest BCUT2D eigenvalue weighted by Crippen LogP contribution is -2.27. The highest BCUT2D eigenvalue weighted by molar-refractivity contribution is 8.04. The fourth-order valence-corrected chi connectivity index (χ4v) is 3.13. The van der Waals surface area contributed by atoms with Gasteiger partial charge in [0.2, 0.25) is 21.4 Å². The summed E-state index contributed by atoms with van der Waals surface area (Å²) < 4.78 is 23.4. The lowest BCUT2D eigenvalue weighted by atomic mass is 10.1. The first kappa shape index (κ1) is 16.9. The van der Waals surface area contributed by atoms with Crippen LogP contribution in [0.3, 0.4) is 0 Å². The maximum Gasteiger partial charge on any atom is 0.238 e. The molecule has 1 amide bonds. The van der Waals surface area contributed by atoms with Gasteiger partial charge in [0.25, 0.3) is 0 Å². The molecule has 0 aliphatic carbocycles. The number of amides is 1. The molecular weight excluding hydrogens is 314 g/mol. The van der Waals surface area contributed by atoms with Gasteiger partial charge >= 0.3 is 0 Å². The zero-order valence-corrected chi connectivity index (χ0v) is 13.3. The first-order valence-electron chi connectivity index (χ1n) is 7.12. The van der Waals surface area contributed by atoms with E-state index in [9.17, 15) is 18.0 Å².